The summed E-state index contributed by atoms with van der Waals surface area (Å²) in [6.45, 7) is 0.350. The molecule has 7 nitrogen and oxygen atoms in total. The Balaban J connectivity index is 2.88. The van der Waals surface area contributed by atoms with Gasteiger partial charge in [-0.2, -0.15) is 0 Å². The second-order valence-electron chi connectivity index (χ2n) is 3.92. The number of aryl methyl sites for hydroxylation is 1. The summed E-state index contributed by atoms with van der Waals surface area (Å²) in [7, 11) is 1.52. The third-order valence-electron chi connectivity index (χ3n) is 2.55. The molecule has 0 spiro atoms. The minimum absolute atomic E-state index is 0.250. The van der Waals surface area contributed by atoms with Crippen LogP contribution in [0.2, 0.25) is 0 Å². The van der Waals surface area contributed by atoms with Gasteiger partial charge in [0.25, 0.3) is 11.4 Å². The molecule has 0 bridgehead atoms. The van der Waals surface area contributed by atoms with E-state index in [0.29, 0.717) is 25.0 Å². The summed E-state index contributed by atoms with van der Waals surface area (Å²) in [6.07, 6.45) is 0.861. The van der Waals surface area contributed by atoms with Crippen molar-refractivity contribution in [3.63, 3.8) is 0 Å². The number of nitro groups is 2. The van der Waals surface area contributed by atoms with Crippen LogP contribution in [0.15, 0.2) is 18.2 Å². The monoisotopic (exact) mass is 288 g/mol. The summed E-state index contributed by atoms with van der Waals surface area (Å²) in [4.78, 5) is 20.2. The van der Waals surface area contributed by atoms with Crippen LogP contribution in [0, 0.1) is 20.2 Å². The Morgan fingerprint density at radius 1 is 1.32 bits per heavy atom. The van der Waals surface area contributed by atoms with E-state index in [2.05, 4.69) is 0 Å². The summed E-state index contributed by atoms with van der Waals surface area (Å²) in [5.41, 5.74) is -0.123. The highest BCUT2D eigenvalue weighted by Crippen LogP contribution is 2.26. The number of hydrogen-bond donors (Lipinski definition) is 0. The minimum atomic E-state index is -0.661. The van der Waals surface area contributed by atoms with Crippen molar-refractivity contribution in [3.8, 4) is 0 Å². The summed E-state index contributed by atoms with van der Waals surface area (Å²) in [5, 5.41) is 21.2. The first-order valence-electron chi connectivity index (χ1n) is 5.50. The topological polar surface area (TPSA) is 95.5 Å². The average molecular weight is 289 g/mol. The van der Waals surface area contributed by atoms with Gasteiger partial charge in [-0.1, -0.05) is 0 Å². The lowest BCUT2D eigenvalue weighted by Crippen LogP contribution is -2.09. The highest BCUT2D eigenvalue weighted by atomic mass is 35.5. The number of nitrogens with zero attached hydrogens (tertiary/aromatic N) is 2. The van der Waals surface area contributed by atoms with Crippen LogP contribution in [-0.2, 0) is 11.2 Å². The van der Waals surface area contributed by atoms with Crippen LogP contribution in [0.5, 0.6) is 0 Å². The van der Waals surface area contributed by atoms with Gasteiger partial charge in [-0.25, -0.2) is 0 Å². The van der Waals surface area contributed by atoms with Crippen molar-refractivity contribution in [2.24, 2.45) is 0 Å². The molecule has 104 valence electrons. The molecule has 0 amide bonds. The molecule has 0 fully saturated rings. The number of nitro benzene ring substituents is 2. The number of alkyl halides is 1. The fourth-order valence-electron chi connectivity index (χ4n) is 1.62. The average Bonchev–Trinajstić information content (AvgIpc) is 2.36. The van der Waals surface area contributed by atoms with Crippen molar-refractivity contribution in [1.82, 2.24) is 0 Å². The number of methoxy groups -OCH3 is 1. The molecule has 0 aliphatic carbocycles. The molecule has 0 aromatic heterocycles. The van der Waals surface area contributed by atoms with Gasteiger partial charge in [-0.05, 0) is 18.9 Å². The second-order valence-corrected chi connectivity index (χ2v) is 4.54. The third kappa shape index (κ3) is 4.46. The van der Waals surface area contributed by atoms with Crippen LogP contribution in [0.25, 0.3) is 0 Å². The van der Waals surface area contributed by atoms with Crippen LogP contribution < -0.4 is 0 Å². The molecular formula is C11H13ClN2O5. The zero-order chi connectivity index (χ0) is 14.4. The molecule has 19 heavy (non-hydrogen) atoms. The quantitative estimate of drug-likeness (QED) is 0.436. The molecular weight excluding hydrogens is 276 g/mol. The van der Waals surface area contributed by atoms with E-state index in [1.165, 1.54) is 19.2 Å². The molecule has 0 aliphatic heterocycles. The highest BCUT2D eigenvalue weighted by Gasteiger charge is 2.19. The fraction of sp³-hybridized carbons (Fsp3) is 0.455. The van der Waals surface area contributed by atoms with Gasteiger partial charge >= 0.3 is 0 Å². The maximum atomic E-state index is 10.9. The van der Waals surface area contributed by atoms with Gasteiger partial charge in [0.2, 0.25) is 0 Å². The lowest BCUT2D eigenvalue weighted by molar-refractivity contribution is -0.394. The molecule has 1 aromatic rings. The van der Waals surface area contributed by atoms with Crippen LogP contribution in [0.1, 0.15) is 12.0 Å². The van der Waals surface area contributed by atoms with E-state index >= 15 is 0 Å². The van der Waals surface area contributed by atoms with Crippen molar-refractivity contribution in [3.05, 3.63) is 44.0 Å². The van der Waals surface area contributed by atoms with E-state index in [1.807, 2.05) is 0 Å². The van der Waals surface area contributed by atoms with Crippen LogP contribution in [0.4, 0.5) is 11.4 Å². The Labute approximate surface area is 114 Å². The number of non-ortho nitro benzene ring substituents is 1. The van der Waals surface area contributed by atoms with Gasteiger partial charge in [0.1, 0.15) is 0 Å². The molecule has 0 N–H and O–H groups in total. The molecule has 0 saturated carbocycles. The normalized spacial score (nSPS) is 12.1. The van der Waals surface area contributed by atoms with Crippen LogP contribution in [-0.4, -0.2) is 28.9 Å². The zero-order valence-corrected chi connectivity index (χ0v) is 11.0. The van der Waals surface area contributed by atoms with Crippen molar-refractivity contribution in [2.45, 2.75) is 18.2 Å². The first kappa shape index (κ1) is 15.3. The maximum absolute atomic E-state index is 10.9. The molecule has 0 aliphatic rings. The Morgan fingerprint density at radius 3 is 2.53 bits per heavy atom. The van der Waals surface area contributed by atoms with Gasteiger partial charge in [0.15, 0.2) is 0 Å². The molecule has 0 radical (unpaired) electrons. The van der Waals surface area contributed by atoms with Gasteiger partial charge in [-0.3, -0.25) is 20.2 Å². The number of halogens is 1. The third-order valence-corrected chi connectivity index (χ3v) is 2.90. The van der Waals surface area contributed by atoms with Crippen LogP contribution >= 0.6 is 11.6 Å². The predicted octanol–water partition coefficient (Wildman–Crippen LogP) is 2.69. The predicted molar refractivity (Wildman–Crippen MR) is 69.6 cm³/mol. The molecule has 1 rings (SSSR count). The number of ether oxygens (including phenoxy) is 1. The number of benzene rings is 1. The minimum Gasteiger partial charge on any atom is -0.383 e. The number of hydrogen-bond acceptors (Lipinski definition) is 5. The Hall–Kier alpha value is -1.73. The first-order valence-corrected chi connectivity index (χ1v) is 5.94. The van der Waals surface area contributed by atoms with Crippen molar-refractivity contribution in [1.29, 1.82) is 0 Å². The number of rotatable bonds is 7. The van der Waals surface area contributed by atoms with E-state index in [9.17, 15) is 20.2 Å². The van der Waals surface area contributed by atoms with Crippen molar-refractivity contribution < 1.29 is 14.6 Å². The summed E-state index contributed by atoms with van der Waals surface area (Å²) in [5.74, 6) is 0. The van der Waals surface area contributed by atoms with E-state index in [-0.39, 0.29) is 16.8 Å². The van der Waals surface area contributed by atoms with Crippen molar-refractivity contribution in [2.75, 3.05) is 13.7 Å². The van der Waals surface area contributed by atoms with Gasteiger partial charge < -0.3 is 4.74 Å². The van der Waals surface area contributed by atoms with Gasteiger partial charge in [0.05, 0.1) is 27.9 Å². The lowest BCUT2D eigenvalue weighted by atomic mass is 10.1. The van der Waals surface area contributed by atoms with Gasteiger partial charge in [0, 0.05) is 18.7 Å². The van der Waals surface area contributed by atoms with E-state index < -0.39 is 9.85 Å². The fourth-order valence-corrected chi connectivity index (χ4v) is 1.86. The van der Waals surface area contributed by atoms with E-state index in [4.69, 9.17) is 16.3 Å². The largest absolute Gasteiger partial charge is 0.383 e. The molecule has 1 unspecified atom stereocenters. The Kier molecular flexibility index (Phi) is 5.65. The zero-order valence-electron chi connectivity index (χ0n) is 10.2. The summed E-state index contributed by atoms with van der Waals surface area (Å²) >= 11 is 5.94. The van der Waals surface area contributed by atoms with E-state index in [0.717, 1.165) is 6.07 Å². The molecule has 0 saturated heterocycles. The summed E-state index contributed by atoms with van der Waals surface area (Å²) < 4.78 is 4.87. The Morgan fingerprint density at radius 2 is 2.00 bits per heavy atom. The van der Waals surface area contributed by atoms with E-state index in [1.54, 1.807) is 0 Å². The first-order chi connectivity index (χ1) is 8.95. The smallest absolute Gasteiger partial charge is 0.279 e. The second kappa shape index (κ2) is 7.01. The molecule has 1 aromatic carbocycles. The lowest BCUT2D eigenvalue weighted by Gasteiger charge is -2.08. The SMILES string of the molecule is COCC(Cl)CCc1ccc([N+](=O)[O-])cc1[N+](=O)[O-]. The molecule has 0 heterocycles. The van der Waals surface area contributed by atoms with Crippen LogP contribution in [0.3, 0.4) is 0 Å². The summed E-state index contributed by atoms with van der Waals surface area (Å²) in [6, 6.07) is 3.61. The van der Waals surface area contributed by atoms with Crippen molar-refractivity contribution >= 4 is 23.0 Å². The molecule has 1 atom stereocenters. The standard InChI is InChI=1S/C11H13ClN2O5/c1-19-7-9(12)4-2-8-3-5-10(13(15)16)6-11(8)14(17)18/h3,5-6,9H,2,4,7H2,1H3. The van der Waals surface area contributed by atoms with Gasteiger partial charge in [-0.15, -0.1) is 11.6 Å². The maximum Gasteiger partial charge on any atom is 0.279 e. The molecule has 8 heteroatoms. The Bertz CT molecular complexity index is 480. The highest BCUT2D eigenvalue weighted by molar-refractivity contribution is 6.20.